The van der Waals surface area contributed by atoms with Gasteiger partial charge in [-0.05, 0) is 38.8 Å². The third-order valence-electron chi connectivity index (χ3n) is 4.01. The maximum Gasteiger partial charge on any atom is 0.288 e. The van der Waals surface area contributed by atoms with Crippen LogP contribution in [0, 0.1) is 17.0 Å². The van der Waals surface area contributed by atoms with Gasteiger partial charge in [0, 0.05) is 17.1 Å². The molecule has 0 atom stereocenters. The molecule has 0 aromatic carbocycles. The Morgan fingerprint density at radius 1 is 1.38 bits per heavy atom. The number of rotatable bonds is 4. The van der Waals surface area contributed by atoms with Crippen LogP contribution in [-0.4, -0.2) is 33.9 Å². The van der Waals surface area contributed by atoms with Crippen LogP contribution in [0.3, 0.4) is 0 Å². The van der Waals surface area contributed by atoms with Gasteiger partial charge in [-0.2, -0.15) is 0 Å². The van der Waals surface area contributed by atoms with Gasteiger partial charge in [0.25, 0.3) is 11.6 Å². The molecule has 1 saturated heterocycles. The van der Waals surface area contributed by atoms with E-state index in [0.717, 1.165) is 37.0 Å². The van der Waals surface area contributed by atoms with Crippen molar-refractivity contribution in [2.45, 2.75) is 25.7 Å². The number of pyridine rings is 1. The molecule has 0 radical (unpaired) electrons. The molecule has 1 aliphatic rings. The van der Waals surface area contributed by atoms with Crippen molar-refractivity contribution in [3.8, 4) is 0 Å². The summed E-state index contributed by atoms with van der Waals surface area (Å²) in [5.41, 5.74) is 0.413. The van der Waals surface area contributed by atoms with E-state index in [-0.39, 0.29) is 11.3 Å². The number of nitrogens with zero attached hydrogens (tertiary/aromatic N) is 3. The fraction of sp³-hybridized carbons (Fsp3) is 0.400. The minimum atomic E-state index is -0.568. The molecular weight excluding hydrogens is 330 g/mol. The molecule has 0 aliphatic carbocycles. The van der Waals surface area contributed by atoms with Gasteiger partial charge in [-0.1, -0.05) is 0 Å². The van der Waals surface area contributed by atoms with E-state index in [9.17, 15) is 14.9 Å². The number of thiazole rings is 1. The summed E-state index contributed by atoms with van der Waals surface area (Å²) in [5.74, 6) is 0.0329. The molecule has 9 heteroatoms. The Bertz CT molecular complexity index is 770. The molecule has 1 aliphatic heterocycles. The summed E-state index contributed by atoms with van der Waals surface area (Å²) >= 11 is 1.45. The quantitative estimate of drug-likeness (QED) is 0.649. The highest BCUT2D eigenvalue weighted by molar-refractivity contribution is 7.15. The van der Waals surface area contributed by atoms with Crippen molar-refractivity contribution in [1.29, 1.82) is 0 Å². The van der Waals surface area contributed by atoms with Crippen molar-refractivity contribution in [2.24, 2.45) is 0 Å². The summed E-state index contributed by atoms with van der Waals surface area (Å²) < 4.78 is 0. The molecule has 1 amide bonds. The second-order valence-corrected chi connectivity index (χ2v) is 6.69. The molecule has 24 heavy (non-hydrogen) atoms. The highest BCUT2D eigenvalue weighted by Crippen LogP contribution is 2.32. The molecule has 2 aromatic rings. The van der Waals surface area contributed by atoms with Crippen molar-refractivity contribution in [3.05, 3.63) is 44.7 Å². The molecule has 0 spiro atoms. The van der Waals surface area contributed by atoms with E-state index in [1.54, 1.807) is 13.1 Å². The number of aryl methyl sites for hydroxylation is 1. The summed E-state index contributed by atoms with van der Waals surface area (Å²) in [4.78, 5) is 32.0. The molecule has 8 nitrogen and oxygen atoms in total. The van der Waals surface area contributed by atoms with Gasteiger partial charge in [0.1, 0.15) is 6.20 Å². The molecule has 3 heterocycles. The number of nitro groups is 1. The predicted octanol–water partition coefficient (Wildman–Crippen LogP) is 2.47. The first kappa shape index (κ1) is 16.5. The maximum atomic E-state index is 12.4. The Kier molecular flexibility index (Phi) is 4.81. The van der Waals surface area contributed by atoms with Crippen molar-refractivity contribution >= 4 is 28.1 Å². The smallest absolute Gasteiger partial charge is 0.288 e. The van der Waals surface area contributed by atoms with E-state index < -0.39 is 10.8 Å². The van der Waals surface area contributed by atoms with E-state index in [1.807, 2.05) is 0 Å². The van der Waals surface area contributed by atoms with Crippen LogP contribution < -0.4 is 10.6 Å². The Morgan fingerprint density at radius 2 is 2.12 bits per heavy atom. The van der Waals surface area contributed by atoms with Gasteiger partial charge in [-0.15, -0.1) is 11.3 Å². The van der Waals surface area contributed by atoms with Crippen molar-refractivity contribution in [3.63, 3.8) is 0 Å². The van der Waals surface area contributed by atoms with Gasteiger partial charge in [-0.25, -0.2) is 4.98 Å². The topological polar surface area (TPSA) is 110 Å². The fourth-order valence-corrected chi connectivity index (χ4v) is 3.64. The third-order valence-corrected chi connectivity index (χ3v) is 5.09. The van der Waals surface area contributed by atoms with Crippen LogP contribution >= 0.6 is 11.3 Å². The Hall–Kier alpha value is -2.39. The lowest BCUT2D eigenvalue weighted by Crippen LogP contribution is -2.26. The molecule has 0 unspecified atom stereocenters. The highest BCUT2D eigenvalue weighted by atomic mass is 32.1. The van der Waals surface area contributed by atoms with Crippen LogP contribution in [0.2, 0.25) is 0 Å². The summed E-state index contributed by atoms with van der Waals surface area (Å²) in [7, 11) is 0. The standard InChI is InChI=1S/C15H17N5O3S/c1-9-12(6-11(7-17-9)20(22)23)14(21)19-15-18-8-13(24-15)10-2-4-16-5-3-10/h6-8,10,16H,2-5H2,1H3,(H,18,19,21). The van der Waals surface area contributed by atoms with E-state index in [0.29, 0.717) is 16.7 Å². The Morgan fingerprint density at radius 3 is 2.83 bits per heavy atom. The van der Waals surface area contributed by atoms with Crippen LogP contribution in [0.5, 0.6) is 0 Å². The minimum absolute atomic E-state index is 0.183. The van der Waals surface area contributed by atoms with Gasteiger partial charge in [0.15, 0.2) is 5.13 Å². The number of hydrogen-bond donors (Lipinski definition) is 2. The highest BCUT2D eigenvalue weighted by Gasteiger charge is 2.20. The van der Waals surface area contributed by atoms with E-state index in [4.69, 9.17) is 0 Å². The van der Waals surface area contributed by atoms with Gasteiger partial charge >= 0.3 is 0 Å². The number of hydrogen-bond acceptors (Lipinski definition) is 7. The number of piperidine rings is 1. The number of aromatic nitrogens is 2. The Balaban J connectivity index is 1.74. The molecule has 1 fully saturated rings. The predicted molar refractivity (Wildman–Crippen MR) is 90.5 cm³/mol. The van der Waals surface area contributed by atoms with E-state index in [2.05, 4.69) is 20.6 Å². The average molecular weight is 347 g/mol. The van der Waals surface area contributed by atoms with E-state index >= 15 is 0 Å². The average Bonchev–Trinajstić information content (AvgIpc) is 3.04. The number of carbonyl (C=O) groups excluding carboxylic acids is 1. The van der Waals surface area contributed by atoms with Gasteiger partial charge in [0.2, 0.25) is 0 Å². The second-order valence-electron chi connectivity index (χ2n) is 5.63. The molecule has 2 N–H and O–H groups in total. The lowest BCUT2D eigenvalue weighted by Gasteiger charge is -2.20. The van der Waals surface area contributed by atoms with Crippen LogP contribution in [0.25, 0.3) is 0 Å². The molecular formula is C15H17N5O3S. The molecule has 0 bridgehead atoms. The zero-order chi connectivity index (χ0) is 17.1. The molecule has 2 aromatic heterocycles. The zero-order valence-corrected chi connectivity index (χ0v) is 13.9. The third kappa shape index (κ3) is 3.57. The van der Waals surface area contributed by atoms with E-state index in [1.165, 1.54) is 17.4 Å². The van der Waals surface area contributed by atoms with Gasteiger partial charge in [-0.3, -0.25) is 25.2 Å². The van der Waals surface area contributed by atoms with Crippen molar-refractivity contribution in [2.75, 3.05) is 18.4 Å². The molecule has 0 saturated carbocycles. The number of amides is 1. The largest absolute Gasteiger partial charge is 0.317 e. The second kappa shape index (κ2) is 7.02. The SMILES string of the molecule is Cc1ncc([N+](=O)[O-])cc1C(=O)Nc1ncc(C2CCNCC2)s1. The molecule has 3 rings (SSSR count). The first-order valence-corrected chi connectivity index (χ1v) is 8.45. The van der Waals surface area contributed by atoms with Gasteiger partial charge < -0.3 is 5.32 Å². The summed E-state index contributed by atoms with van der Waals surface area (Å²) in [6, 6.07) is 1.24. The van der Waals surface area contributed by atoms with Crippen LogP contribution in [0.15, 0.2) is 18.5 Å². The number of carbonyl (C=O) groups is 1. The molecule has 126 valence electrons. The zero-order valence-electron chi connectivity index (χ0n) is 13.1. The van der Waals surface area contributed by atoms with Crippen LogP contribution in [0.4, 0.5) is 10.8 Å². The van der Waals surface area contributed by atoms with Crippen LogP contribution in [0.1, 0.15) is 39.7 Å². The van der Waals surface area contributed by atoms with Crippen LogP contribution in [-0.2, 0) is 0 Å². The summed E-state index contributed by atoms with van der Waals surface area (Å²) in [6.45, 7) is 3.62. The lowest BCUT2D eigenvalue weighted by molar-refractivity contribution is -0.385. The Labute approximate surface area is 142 Å². The normalized spacial score (nSPS) is 15.2. The first-order valence-electron chi connectivity index (χ1n) is 7.63. The summed E-state index contributed by atoms with van der Waals surface area (Å²) in [5, 5.41) is 17.4. The van der Waals surface area contributed by atoms with Crippen molar-refractivity contribution in [1.82, 2.24) is 15.3 Å². The van der Waals surface area contributed by atoms with Gasteiger partial charge in [0.05, 0.1) is 16.2 Å². The fourth-order valence-electron chi connectivity index (χ4n) is 2.66. The maximum absolute atomic E-state index is 12.4. The number of nitrogens with one attached hydrogen (secondary N) is 2. The number of anilines is 1. The minimum Gasteiger partial charge on any atom is -0.317 e. The van der Waals surface area contributed by atoms with Crippen molar-refractivity contribution < 1.29 is 9.72 Å². The first-order chi connectivity index (χ1) is 11.5. The summed E-state index contributed by atoms with van der Waals surface area (Å²) in [6.07, 6.45) is 5.06. The lowest BCUT2D eigenvalue weighted by atomic mass is 9.97. The monoisotopic (exact) mass is 347 g/mol.